The highest BCUT2D eigenvalue weighted by atomic mass is 16.5. The van der Waals surface area contributed by atoms with Gasteiger partial charge in [-0.1, -0.05) is 0 Å². The van der Waals surface area contributed by atoms with Crippen molar-refractivity contribution in [2.75, 3.05) is 23.4 Å². The zero-order chi connectivity index (χ0) is 17.8. The molecule has 5 heteroatoms. The standard InChI is InChI=1S/C20H22N2O3/c1-3-25-17-9-6-15(7-10-17)20(24)21-16-8-11-18(14(2)13-16)22-12-4-5-19(22)23/h6-11,13H,3-5,12H2,1-2H3,(H,21,24). The number of carbonyl (C=O) groups is 2. The largest absolute Gasteiger partial charge is 0.494 e. The number of ether oxygens (including phenoxy) is 1. The van der Waals surface area contributed by atoms with E-state index in [-0.39, 0.29) is 11.8 Å². The van der Waals surface area contributed by atoms with Gasteiger partial charge in [0.05, 0.1) is 6.61 Å². The monoisotopic (exact) mass is 338 g/mol. The molecule has 0 saturated carbocycles. The van der Waals surface area contributed by atoms with Gasteiger partial charge in [-0.2, -0.15) is 0 Å². The van der Waals surface area contributed by atoms with E-state index >= 15 is 0 Å². The quantitative estimate of drug-likeness (QED) is 0.903. The van der Waals surface area contributed by atoms with Crippen molar-refractivity contribution in [3.05, 3.63) is 53.6 Å². The zero-order valence-electron chi connectivity index (χ0n) is 14.5. The van der Waals surface area contributed by atoms with Crippen LogP contribution in [0.1, 0.15) is 35.7 Å². The fraction of sp³-hybridized carbons (Fsp3) is 0.300. The van der Waals surface area contributed by atoms with Crippen LogP contribution in [0.2, 0.25) is 0 Å². The molecular weight excluding hydrogens is 316 g/mol. The molecule has 0 unspecified atom stereocenters. The van der Waals surface area contributed by atoms with Crippen LogP contribution in [0.5, 0.6) is 5.75 Å². The summed E-state index contributed by atoms with van der Waals surface area (Å²) >= 11 is 0. The molecule has 0 atom stereocenters. The number of anilines is 2. The van der Waals surface area contributed by atoms with Crippen molar-refractivity contribution in [3.63, 3.8) is 0 Å². The molecule has 1 heterocycles. The van der Waals surface area contributed by atoms with Crippen LogP contribution >= 0.6 is 0 Å². The van der Waals surface area contributed by atoms with Crippen LogP contribution in [-0.4, -0.2) is 25.0 Å². The smallest absolute Gasteiger partial charge is 0.255 e. The van der Waals surface area contributed by atoms with Crippen LogP contribution in [0.25, 0.3) is 0 Å². The molecule has 0 spiro atoms. The fourth-order valence-corrected chi connectivity index (χ4v) is 3.01. The minimum absolute atomic E-state index is 0.161. The van der Waals surface area contributed by atoms with Crippen LogP contribution in [0, 0.1) is 6.92 Å². The first-order valence-corrected chi connectivity index (χ1v) is 8.53. The molecule has 0 aromatic heterocycles. The number of hydrogen-bond acceptors (Lipinski definition) is 3. The first-order chi connectivity index (χ1) is 12.1. The topological polar surface area (TPSA) is 58.6 Å². The Morgan fingerprint density at radius 1 is 1.20 bits per heavy atom. The molecule has 0 radical (unpaired) electrons. The molecule has 3 rings (SSSR count). The Morgan fingerprint density at radius 2 is 1.96 bits per heavy atom. The molecule has 1 saturated heterocycles. The van der Waals surface area contributed by atoms with E-state index in [4.69, 9.17) is 4.74 Å². The second kappa shape index (κ2) is 7.38. The summed E-state index contributed by atoms with van der Waals surface area (Å²) < 4.78 is 5.38. The minimum atomic E-state index is -0.174. The minimum Gasteiger partial charge on any atom is -0.494 e. The molecule has 2 aromatic carbocycles. The molecule has 1 fully saturated rings. The van der Waals surface area contributed by atoms with Crippen molar-refractivity contribution in [2.24, 2.45) is 0 Å². The highest BCUT2D eigenvalue weighted by molar-refractivity contribution is 6.04. The van der Waals surface area contributed by atoms with Gasteiger partial charge in [0.1, 0.15) is 5.75 Å². The van der Waals surface area contributed by atoms with Gasteiger partial charge in [0.25, 0.3) is 5.91 Å². The summed E-state index contributed by atoms with van der Waals surface area (Å²) in [5, 5.41) is 2.90. The molecule has 2 aromatic rings. The van der Waals surface area contributed by atoms with Crippen molar-refractivity contribution in [2.45, 2.75) is 26.7 Å². The van der Waals surface area contributed by atoms with E-state index in [0.717, 1.165) is 30.0 Å². The van der Waals surface area contributed by atoms with E-state index in [9.17, 15) is 9.59 Å². The normalized spacial score (nSPS) is 13.8. The van der Waals surface area contributed by atoms with Gasteiger partial charge < -0.3 is 15.0 Å². The van der Waals surface area contributed by atoms with E-state index in [0.29, 0.717) is 24.3 Å². The Hall–Kier alpha value is -2.82. The van der Waals surface area contributed by atoms with Crippen LogP contribution in [0.4, 0.5) is 11.4 Å². The van der Waals surface area contributed by atoms with Crippen LogP contribution in [-0.2, 0) is 4.79 Å². The SMILES string of the molecule is CCOc1ccc(C(=O)Nc2ccc(N3CCCC3=O)c(C)c2)cc1. The van der Waals surface area contributed by atoms with Crippen LogP contribution in [0.15, 0.2) is 42.5 Å². The van der Waals surface area contributed by atoms with Gasteiger partial charge >= 0.3 is 0 Å². The summed E-state index contributed by atoms with van der Waals surface area (Å²) in [6.45, 7) is 5.23. The molecule has 1 aliphatic heterocycles. The lowest BCUT2D eigenvalue weighted by Gasteiger charge is -2.19. The number of hydrogen-bond donors (Lipinski definition) is 1. The number of nitrogens with zero attached hydrogens (tertiary/aromatic N) is 1. The van der Waals surface area contributed by atoms with Gasteiger partial charge in [0, 0.05) is 29.9 Å². The predicted octanol–water partition coefficient (Wildman–Crippen LogP) is 3.77. The first-order valence-electron chi connectivity index (χ1n) is 8.53. The Labute approximate surface area is 147 Å². The fourth-order valence-electron chi connectivity index (χ4n) is 3.01. The Kier molecular flexibility index (Phi) is 5.03. The second-order valence-corrected chi connectivity index (χ2v) is 6.06. The number of amides is 2. The number of carbonyl (C=O) groups excluding carboxylic acids is 2. The number of benzene rings is 2. The van der Waals surface area contributed by atoms with Crippen molar-refractivity contribution in [3.8, 4) is 5.75 Å². The van der Waals surface area contributed by atoms with E-state index in [2.05, 4.69) is 5.32 Å². The Morgan fingerprint density at radius 3 is 2.56 bits per heavy atom. The van der Waals surface area contributed by atoms with Crippen molar-refractivity contribution in [1.82, 2.24) is 0 Å². The molecule has 25 heavy (non-hydrogen) atoms. The third kappa shape index (κ3) is 3.82. The van der Waals surface area contributed by atoms with Crippen LogP contribution < -0.4 is 15.0 Å². The highest BCUT2D eigenvalue weighted by Gasteiger charge is 2.23. The van der Waals surface area contributed by atoms with Gasteiger partial charge in [0.15, 0.2) is 0 Å². The summed E-state index contributed by atoms with van der Waals surface area (Å²) in [6.07, 6.45) is 1.50. The molecule has 0 aliphatic carbocycles. The highest BCUT2D eigenvalue weighted by Crippen LogP contribution is 2.27. The van der Waals surface area contributed by atoms with E-state index in [1.807, 2.05) is 36.9 Å². The van der Waals surface area contributed by atoms with Gasteiger partial charge in [-0.15, -0.1) is 0 Å². The average molecular weight is 338 g/mol. The molecular formula is C20H22N2O3. The van der Waals surface area contributed by atoms with E-state index < -0.39 is 0 Å². The van der Waals surface area contributed by atoms with Gasteiger partial charge in [0.2, 0.25) is 5.91 Å². The molecule has 5 nitrogen and oxygen atoms in total. The van der Waals surface area contributed by atoms with Crippen molar-refractivity contribution < 1.29 is 14.3 Å². The third-order valence-corrected chi connectivity index (χ3v) is 4.25. The first kappa shape index (κ1) is 17.0. The van der Waals surface area contributed by atoms with E-state index in [1.165, 1.54) is 0 Å². The lowest BCUT2D eigenvalue weighted by atomic mass is 10.1. The maximum atomic E-state index is 12.4. The zero-order valence-corrected chi connectivity index (χ0v) is 14.5. The maximum Gasteiger partial charge on any atom is 0.255 e. The average Bonchev–Trinajstić information content (AvgIpc) is 3.02. The third-order valence-electron chi connectivity index (χ3n) is 4.25. The van der Waals surface area contributed by atoms with Gasteiger partial charge in [-0.05, 0) is 68.3 Å². The Bertz CT molecular complexity index is 784. The summed E-state index contributed by atoms with van der Waals surface area (Å²) in [5.41, 5.74) is 3.17. The van der Waals surface area contributed by atoms with Crippen LogP contribution in [0.3, 0.4) is 0 Å². The van der Waals surface area contributed by atoms with E-state index in [1.54, 1.807) is 24.3 Å². The summed E-state index contributed by atoms with van der Waals surface area (Å²) in [7, 11) is 0. The van der Waals surface area contributed by atoms with Crippen molar-refractivity contribution in [1.29, 1.82) is 0 Å². The van der Waals surface area contributed by atoms with Gasteiger partial charge in [-0.25, -0.2) is 0 Å². The molecule has 2 amide bonds. The number of rotatable bonds is 5. The summed E-state index contributed by atoms with van der Waals surface area (Å²) in [6, 6.07) is 12.7. The summed E-state index contributed by atoms with van der Waals surface area (Å²) in [5.74, 6) is 0.733. The molecule has 130 valence electrons. The Balaban J connectivity index is 1.71. The number of aryl methyl sites for hydroxylation is 1. The predicted molar refractivity (Wildman–Crippen MR) is 98.3 cm³/mol. The molecule has 1 aliphatic rings. The molecule has 0 bridgehead atoms. The summed E-state index contributed by atoms with van der Waals surface area (Å²) in [4.78, 5) is 26.1. The number of nitrogens with one attached hydrogen (secondary N) is 1. The van der Waals surface area contributed by atoms with Gasteiger partial charge in [-0.3, -0.25) is 9.59 Å². The lowest BCUT2D eigenvalue weighted by Crippen LogP contribution is -2.24. The van der Waals surface area contributed by atoms with Crippen molar-refractivity contribution >= 4 is 23.2 Å². The molecule has 1 N–H and O–H groups in total. The lowest BCUT2D eigenvalue weighted by molar-refractivity contribution is -0.117. The maximum absolute atomic E-state index is 12.4. The second-order valence-electron chi connectivity index (χ2n) is 6.06.